The van der Waals surface area contributed by atoms with Crippen LogP contribution >= 0.6 is 0 Å². The zero-order valence-corrected chi connectivity index (χ0v) is 10.7. The van der Waals surface area contributed by atoms with Crippen LogP contribution in [0.5, 0.6) is 0 Å². The van der Waals surface area contributed by atoms with Gasteiger partial charge in [0.1, 0.15) is 6.54 Å². The lowest BCUT2D eigenvalue weighted by atomic mass is 9.97. The van der Waals surface area contributed by atoms with Crippen LogP contribution in [0.2, 0.25) is 0 Å². The van der Waals surface area contributed by atoms with E-state index in [0.29, 0.717) is 6.54 Å². The summed E-state index contributed by atoms with van der Waals surface area (Å²) in [5.41, 5.74) is 0. The third kappa shape index (κ3) is 3.22. The molecule has 0 aromatic rings. The van der Waals surface area contributed by atoms with Crippen LogP contribution in [-0.2, 0) is 9.59 Å². The monoisotopic (exact) mass is 254 g/mol. The van der Waals surface area contributed by atoms with Crippen LogP contribution in [0.1, 0.15) is 38.5 Å². The first-order valence-electron chi connectivity index (χ1n) is 6.91. The molecule has 102 valence electrons. The summed E-state index contributed by atoms with van der Waals surface area (Å²) in [6.07, 6.45) is 6.02. The summed E-state index contributed by atoms with van der Waals surface area (Å²) >= 11 is 0. The molecule has 2 N–H and O–H groups in total. The van der Waals surface area contributed by atoms with E-state index in [1.807, 2.05) is 0 Å². The highest BCUT2D eigenvalue weighted by molar-refractivity contribution is 5.83. The van der Waals surface area contributed by atoms with E-state index in [4.69, 9.17) is 5.11 Å². The summed E-state index contributed by atoms with van der Waals surface area (Å²) in [6.45, 7) is 1.52. The van der Waals surface area contributed by atoms with E-state index in [0.717, 1.165) is 45.1 Å². The van der Waals surface area contributed by atoms with Crippen LogP contribution in [0.15, 0.2) is 0 Å². The molecular formula is C13H22N2O3. The van der Waals surface area contributed by atoms with E-state index in [2.05, 4.69) is 5.32 Å². The molecule has 5 heteroatoms. The maximum absolute atomic E-state index is 12.4. The number of carboxylic acid groups (broad SMARTS) is 1. The van der Waals surface area contributed by atoms with Crippen molar-refractivity contribution >= 4 is 11.9 Å². The number of rotatable bonds is 4. The molecule has 1 saturated heterocycles. The Morgan fingerprint density at radius 2 is 1.89 bits per heavy atom. The van der Waals surface area contributed by atoms with Crippen LogP contribution in [0.25, 0.3) is 0 Å². The van der Waals surface area contributed by atoms with Crippen molar-refractivity contribution in [3.05, 3.63) is 0 Å². The Labute approximate surface area is 108 Å². The molecule has 0 spiro atoms. The molecule has 0 aromatic heterocycles. The number of carbonyl (C=O) groups is 2. The summed E-state index contributed by atoms with van der Waals surface area (Å²) in [6, 6.07) is 0.149. The van der Waals surface area contributed by atoms with Gasteiger partial charge in [-0.3, -0.25) is 9.59 Å². The van der Waals surface area contributed by atoms with Gasteiger partial charge in [-0.05, 0) is 32.2 Å². The lowest BCUT2D eigenvalue weighted by Crippen LogP contribution is -2.48. The first-order chi connectivity index (χ1) is 8.68. The second kappa shape index (κ2) is 6.18. The van der Waals surface area contributed by atoms with Crippen molar-refractivity contribution in [3.8, 4) is 0 Å². The van der Waals surface area contributed by atoms with Crippen molar-refractivity contribution in [2.75, 3.05) is 19.6 Å². The molecule has 1 atom stereocenters. The highest BCUT2D eigenvalue weighted by atomic mass is 16.4. The maximum Gasteiger partial charge on any atom is 0.323 e. The van der Waals surface area contributed by atoms with Gasteiger partial charge < -0.3 is 15.3 Å². The van der Waals surface area contributed by atoms with Gasteiger partial charge in [-0.1, -0.05) is 12.8 Å². The standard InChI is InChI=1S/C13H22N2O3/c16-12(17)9-15(11-5-1-2-6-11)13(18)10-4-3-7-14-8-10/h10-11,14H,1-9H2,(H,16,17)/t10-/m1/s1. The Morgan fingerprint density at radius 1 is 1.17 bits per heavy atom. The third-order valence-corrected chi connectivity index (χ3v) is 4.00. The molecule has 18 heavy (non-hydrogen) atoms. The minimum Gasteiger partial charge on any atom is -0.480 e. The molecule has 0 unspecified atom stereocenters. The maximum atomic E-state index is 12.4. The van der Waals surface area contributed by atoms with Crippen LogP contribution in [0.4, 0.5) is 0 Å². The molecule has 0 radical (unpaired) electrons. The van der Waals surface area contributed by atoms with E-state index in [9.17, 15) is 9.59 Å². The highest BCUT2D eigenvalue weighted by Gasteiger charge is 2.33. The number of hydrogen-bond donors (Lipinski definition) is 2. The molecule has 2 aliphatic rings. The number of nitrogens with zero attached hydrogens (tertiary/aromatic N) is 1. The molecule has 1 amide bonds. The first-order valence-corrected chi connectivity index (χ1v) is 6.91. The molecule has 0 bridgehead atoms. The summed E-state index contributed by atoms with van der Waals surface area (Å²) < 4.78 is 0. The van der Waals surface area contributed by atoms with Crippen molar-refractivity contribution in [2.24, 2.45) is 5.92 Å². The number of carboxylic acids is 1. The van der Waals surface area contributed by atoms with Crippen LogP contribution < -0.4 is 5.32 Å². The quantitative estimate of drug-likeness (QED) is 0.780. The van der Waals surface area contributed by atoms with Crippen molar-refractivity contribution < 1.29 is 14.7 Å². The SMILES string of the molecule is O=C(O)CN(C(=O)[C@@H]1CCCNC1)C1CCCC1. The second-order valence-corrected chi connectivity index (χ2v) is 5.34. The van der Waals surface area contributed by atoms with Gasteiger partial charge in [-0.15, -0.1) is 0 Å². The summed E-state index contributed by atoms with van der Waals surface area (Å²) in [5.74, 6) is -0.894. The van der Waals surface area contributed by atoms with E-state index < -0.39 is 5.97 Å². The molecule has 2 rings (SSSR count). The minimum atomic E-state index is -0.904. The number of amides is 1. The normalized spacial score (nSPS) is 25.0. The first kappa shape index (κ1) is 13.3. The van der Waals surface area contributed by atoms with Crippen molar-refractivity contribution in [1.29, 1.82) is 0 Å². The Balaban J connectivity index is 2.01. The van der Waals surface area contributed by atoms with E-state index >= 15 is 0 Å². The van der Waals surface area contributed by atoms with Gasteiger partial charge >= 0.3 is 5.97 Å². The predicted octanol–water partition coefficient (Wildman–Crippen LogP) is 0.842. The Morgan fingerprint density at radius 3 is 2.44 bits per heavy atom. The molecule has 2 fully saturated rings. The Hall–Kier alpha value is -1.10. The predicted molar refractivity (Wildman–Crippen MR) is 67.2 cm³/mol. The van der Waals surface area contributed by atoms with Gasteiger partial charge in [0.15, 0.2) is 0 Å². The van der Waals surface area contributed by atoms with Crippen LogP contribution in [0, 0.1) is 5.92 Å². The summed E-state index contributed by atoms with van der Waals surface area (Å²) in [5, 5.41) is 12.2. The highest BCUT2D eigenvalue weighted by Crippen LogP contribution is 2.25. The summed E-state index contributed by atoms with van der Waals surface area (Å²) in [4.78, 5) is 25.0. The van der Waals surface area contributed by atoms with E-state index in [1.54, 1.807) is 4.90 Å². The fourth-order valence-corrected chi connectivity index (χ4v) is 3.05. The molecule has 1 saturated carbocycles. The van der Waals surface area contributed by atoms with Gasteiger partial charge in [-0.25, -0.2) is 0 Å². The molecule has 1 heterocycles. The average molecular weight is 254 g/mol. The van der Waals surface area contributed by atoms with Crippen molar-refractivity contribution in [3.63, 3.8) is 0 Å². The van der Waals surface area contributed by atoms with Crippen molar-refractivity contribution in [2.45, 2.75) is 44.6 Å². The smallest absolute Gasteiger partial charge is 0.323 e. The molecule has 0 aromatic carbocycles. The number of nitrogens with one attached hydrogen (secondary N) is 1. The lowest BCUT2D eigenvalue weighted by molar-refractivity contribution is -0.148. The molecular weight excluding hydrogens is 232 g/mol. The van der Waals surface area contributed by atoms with Gasteiger partial charge in [0.25, 0.3) is 0 Å². The zero-order valence-electron chi connectivity index (χ0n) is 10.7. The zero-order chi connectivity index (χ0) is 13.0. The Bertz CT molecular complexity index is 307. The number of piperidine rings is 1. The molecule has 1 aliphatic heterocycles. The third-order valence-electron chi connectivity index (χ3n) is 4.00. The van der Waals surface area contributed by atoms with E-state index in [-0.39, 0.29) is 24.4 Å². The topological polar surface area (TPSA) is 69.6 Å². The summed E-state index contributed by atoms with van der Waals surface area (Å²) in [7, 11) is 0. The van der Waals surface area contributed by atoms with Crippen LogP contribution in [0.3, 0.4) is 0 Å². The number of carbonyl (C=O) groups excluding carboxylic acids is 1. The average Bonchev–Trinajstić information content (AvgIpc) is 2.89. The van der Waals surface area contributed by atoms with Gasteiger partial charge in [-0.2, -0.15) is 0 Å². The fourth-order valence-electron chi connectivity index (χ4n) is 3.05. The minimum absolute atomic E-state index is 0.0290. The van der Waals surface area contributed by atoms with Gasteiger partial charge in [0.05, 0.1) is 5.92 Å². The fraction of sp³-hybridized carbons (Fsp3) is 0.846. The lowest BCUT2D eigenvalue weighted by Gasteiger charge is -2.32. The number of hydrogen-bond acceptors (Lipinski definition) is 3. The van der Waals surface area contributed by atoms with Gasteiger partial charge in [0.2, 0.25) is 5.91 Å². The molecule has 5 nitrogen and oxygen atoms in total. The van der Waals surface area contributed by atoms with Crippen molar-refractivity contribution in [1.82, 2.24) is 10.2 Å². The number of aliphatic carboxylic acids is 1. The van der Waals surface area contributed by atoms with E-state index in [1.165, 1.54) is 0 Å². The second-order valence-electron chi connectivity index (χ2n) is 5.34. The Kier molecular flexibility index (Phi) is 4.58. The van der Waals surface area contributed by atoms with Gasteiger partial charge in [0, 0.05) is 12.6 Å². The van der Waals surface area contributed by atoms with Crippen LogP contribution in [-0.4, -0.2) is 47.6 Å². The molecule has 1 aliphatic carbocycles. The largest absolute Gasteiger partial charge is 0.480 e.